The molecular formula is C18H16N6O. The maximum Gasteiger partial charge on any atom is 0.265 e. The number of phenols is 1. The number of aromatic hydroxyl groups is 1. The lowest BCUT2D eigenvalue weighted by Crippen LogP contribution is -1.99. The number of hydrogen-bond donors (Lipinski definition) is 3. The summed E-state index contributed by atoms with van der Waals surface area (Å²) in [4.78, 5) is 7.65. The quantitative estimate of drug-likeness (QED) is 0.394. The fraction of sp³-hybridized carbons (Fsp3) is 0.111. The zero-order valence-electron chi connectivity index (χ0n) is 13.6. The van der Waals surface area contributed by atoms with Gasteiger partial charge < -0.3 is 10.1 Å². The van der Waals surface area contributed by atoms with E-state index in [1.807, 2.05) is 12.1 Å². The average molecular weight is 332 g/mol. The van der Waals surface area contributed by atoms with E-state index in [4.69, 9.17) is 0 Å². The van der Waals surface area contributed by atoms with Crippen molar-refractivity contribution in [2.45, 2.75) is 13.3 Å². The van der Waals surface area contributed by atoms with Gasteiger partial charge in [0.15, 0.2) is 5.65 Å². The Balaban J connectivity index is 1.63. The molecule has 2 heterocycles. The third kappa shape index (κ3) is 2.87. The van der Waals surface area contributed by atoms with Crippen LogP contribution in [0.5, 0.6) is 5.75 Å². The number of hydrogen-bond acceptors (Lipinski definition) is 6. The van der Waals surface area contributed by atoms with Crippen LogP contribution < -0.4 is 5.43 Å². The molecule has 4 rings (SSSR count). The van der Waals surface area contributed by atoms with Crippen LogP contribution in [0.15, 0.2) is 47.6 Å². The van der Waals surface area contributed by atoms with Gasteiger partial charge in [0.25, 0.3) is 5.95 Å². The molecule has 3 N–H and O–H groups in total. The molecule has 0 saturated heterocycles. The molecule has 0 saturated carbocycles. The first-order valence-electron chi connectivity index (χ1n) is 7.96. The molecule has 2 aromatic heterocycles. The lowest BCUT2D eigenvalue weighted by molar-refractivity contribution is 0.474. The van der Waals surface area contributed by atoms with E-state index in [1.165, 1.54) is 11.8 Å². The Labute approximate surface area is 143 Å². The molecule has 0 aliphatic rings. The van der Waals surface area contributed by atoms with Crippen LogP contribution in [0.1, 0.15) is 18.1 Å². The number of nitrogens with one attached hydrogen (secondary N) is 2. The number of aryl methyl sites for hydroxylation is 1. The van der Waals surface area contributed by atoms with E-state index in [0.29, 0.717) is 11.2 Å². The molecule has 4 aromatic rings. The van der Waals surface area contributed by atoms with Crippen LogP contribution >= 0.6 is 0 Å². The molecule has 0 unspecified atom stereocenters. The standard InChI is InChI=1S/C18H16N6O/c1-2-11-7-8-14-13(9-11)16-17(20-14)21-18(24-22-16)23-19-10-12-5-3-4-6-15(12)25/h3-10,25H,2H2,1H3,(H2,20,21,23,24)/b19-10+. The molecule has 0 fully saturated rings. The van der Waals surface area contributed by atoms with Gasteiger partial charge in [0.1, 0.15) is 11.3 Å². The molecule has 0 atom stereocenters. The molecule has 0 aliphatic carbocycles. The highest BCUT2D eigenvalue weighted by atomic mass is 16.3. The number of para-hydroxylation sites is 1. The second-order valence-electron chi connectivity index (χ2n) is 5.62. The van der Waals surface area contributed by atoms with Gasteiger partial charge in [-0.2, -0.15) is 10.1 Å². The Bertz CT molecular complexity index is 1090. The molecule has 7 nitrogen and oxygen atoms in total. The van der Waals surface area contributed by atoms with Crippen LogP contribution in [0.4, 0.5) is 5.95 Å². The van der Waals surface area contributed by atoms with Crippen molar-refractivity contribution in [3.8, 4) is 5.75 Å². The number of phenolic OH excluding ortho intramolecular Hbond substituents is 1. The monoisotopic (exact) mass is 332 g/mol. The molecule has 0 amide bonds. The number of aromatic amines is 1. The maximum atomic E-state index is 9.70. The minimum absolute atomic E-state index is 0.157. The van der Waals surface area contributed by atoms with Gasteiger partial charge in [-0.15, -0.1) is 10.2 Å². The van der Waals surface area contributed by atoms with E-state index in [0.717, 1.165) is 22.8 Å². The number of hydrazone groups is 1. The SMILES string of the molecule is CCc1ccc2[nH]c3nc(N/N=C/c4ccccc4O)nnc3c2c1. The Morgan fingerprint density at radius 3 is 2.92 bits per heavy atom. The third-order valence-corrected chi connectivity index (χ3v) is 3.99. The number of aromatic nitrogens is 4. The van der Waals surface area contributed by atoms with Gasteiger partial charge in [-0.25, -0.2) is 5.43 Å². The Hall–Kier alpha value is -3.48. The fourth-order valence-corrected chi connectivity index (χ4v) is 2.64. The lowest BCUT2D eigenvalue weighted by atomic mass is 10.1. The first-order chi connectivity index (χ1) is 12.2. The van der Waals surface area contributed by atoms with Crippen molar-refractivity contribution in [3.05, 3.63) is 53.6 Å². The number of anilines is 1. The van der Waals surface area contributed by atoms with Crippen LogP contribution in [0.2, 0.25) is 0 Å². The fourth-order valence-electron chi connectivity index (χ4n) is 2.64. The van der Waals surface area contributed by atoms with Crippen molar-refractivity contribution < 1.29 is 5.11 Å². The highest BCUT2D eigenvalue weighted by Crippen LogP contribution is 2.23. The van der Waals surface area contributed by atoms with Gasteiger partial charge in [-0.3, -0.25) is 0 Å². The van der Waals surface area contributed by atoms with Crippen LogP contribution in [-0.4, -0.2) is 31.5 Å². The summed E-state index contributed by atoms with van der Waals surface area (Å²) in [6.07, 6.45) is 2.46. The largest absolute Gasteiger partial charge is 0.507 e. The summed E-state index contributed by atoms with van der Waals surface area (Å²) < 4.78 is 0. The summed E-state index contributed by atoms with van der Waals surface area (Å²) in [6, 6.07) is 13.1. The summed E-state index contributed by atoms with van der Waals surface area (Å²) in [5.41, 5.74) is 6.94. The molecule has 7 heteroatoms. The Kier molecular flexibility index (Phi) is 3.74. The first-order valence-corrected chi connectivity index (χ1v) is 7.96. The van der Waals surface area contributed by atoms with Gasteiger partial charge >= 0.3 is 0 Å². The zero-order valence-corrected chi connectivity index (χ0v) is 13.6. The van der Waals surface area contributed by atoms with E-state index in [-0.39, 0.29) is 11.7 Å². The Morgan fingerprint density at radius 1 is 1.20 bits per heavy atom. The van der Waals surface area contributed by atoms with Gasteiger partial charge in [0.2, 0.25) is 0 Å². The summed E-state index contributed by atoms with van der Waals surface area (Å²) in [5.74, 6) is 0.436. The predicted molar refractivity (Wildman–Crippen MR) is 97.9 cm³/mol. The van der Waals surface area contributed by atoms with E-state index in [9.17, 15) is 5.11 Å². The van der Waals surface area contributed by atoms with Crippen LogP contribution in [0, 0.1) is 0 Å². The highest BCUT2D eigenvalue weighted by Gasteiger charge is 2.09. The molecular weight excluding hydrogens is 316 g/mol. The molecule has 124 valence electrons. The van der Waals surface area contributed by atoms with Crippen LogP contribution in [0.3, 0.4) is 0 Å². The summed E-state index contributed by atoms with van der Waals surface area (Å²) >= 11 is 0. The molecule has 2 aromatic carbocycles. The average Bonchev–Trinajstić information content (AvgIpc) is 3.00. The van der Waals surface area contributed by atoms with Gasteiger partial charge in [0, 0.05) is 16.5 Å². The summed E-state index contributed by atoms with van der Waals surface area (Å²) in [7, 11) is 0. The second-order valence-corrected chi connectivity index (χ2v) is 5.62. The molecule has 0 bridgehead atoms. The maximum absolute atomic E-state index is 9.70. The number of nitrogens with zero attached hydrogens (tertiary/aromatic N) is 4. The van der Waals surface area contributed by atoms with Crippen molar-refractivity contribution in [1.29, 1.82) is 0 Å². The minimum Gasteiger partial charge on any atom is -0.507 e. The molecule has 0 aliphatic heterocycles. The first kappa shape index (κ1) is 15.1. The van der Waals surface area contributed by atoms with E-state index >= 15 is 0 Å². The molecule has 25 heavy (non-hydrogen) atoms. The number of H-pyrrole nitrogens is 1. The number of fused-ring (bicyclic) bond motifs is 3. The van der Waals surface area contributed by atoms with Crippen LogP contribution in [0.25, 0.3) is 22.1 Å². The molecule has 0 spiro atoms. The van der Waals surface area contributed by atoms with Crippen molar-refractivity contribution >= 4 is 34.2 Å². The normalized spacial score (nSPS) is 11.6. The van der Waals surface area contributed by atoms with Gasteiger partial charge in [-0.1, -0.05) is 25.1 Å². The third-order valence-electron chi connectivity index (χ3n) is 3.99. The predicted octanol–water partition coefficient (Wildman–Crippen LogP) is 3.22. The van der Waals surface area contributed by atoms with Gasteiger partial charge in [-0.05, 0) is 36.2 Å². The van der Waals surface area contributed by atoms with Crippen molar-refractivity contribution in [2.24, 2.45) is 5.10 Å². The smallest absolute Gasteiger partial charge is 0.265 e. The second kappa shape index (κ2) is 6.20. The zero-order chi connectivity index (χ0) is 17.2. The van der Waals surface area contributed by atoms with Gasteiger partial charge in [0.05, 0.1) is 6.21 Å². The van der Waals surface area contributed by atoms with Crippen LogP contribution in [-0.2, 0) is 6.42 Å². The van der Waals surface area contributed by atoms with Crippen molar-refractivity contribution in [3.63, 3.8) is 0 Å². The van der Waals surface area contributed by atoms with Crippen molar-refractivity contribution in [2.75, 3.05) is 5.43 Å². The lowest BCUT2D eigenvalue weighted by Gasteiger charge is -1.99. The number of rotatable bonds is 4. The van der Waals surface area contributed by atoms with E-state index < -0.39 is 0 Å². The van der Waals surface area contributed by atoms with Crippen molar-refractivity contribution in [1.82, 2.24) is 20.2 Å². The highest BCUT2D eigenvalue weighted by molar-refractivity contribution is 6.03. The molecule has 0 radical (unpaired) electrons. The number of benzene rings is 2. The van der Waals surface area contributed by atoms with E-state index in [2.05, 4.69) is 49.7 Å². The summed E-state index contributed by atoms with van der Waals surface area (Å²) in [6.45, 7) is 2.12. The Morgan fingerprint density at radius 2 is 2.08 bits per heavy atom. The summed E-state index contributed by atoms with van der Waals surface area (Å²) in [5, 5.41) is 23.1. The minimum atomic E-state index is 0.157. The van der Waals surface area contributed by atoms with E-state index in [1.54, 1.807) is 18.2 Å². The topological polar surface area (TPSA) is 99.1 Å².